The normalized spacial score (nSPS) is 11.2. The van der Waals surface area contributed by atoms with E-state index in [9.17, 15) is 28.1 Å². The van der Waals surface area contributed by atoms with Gasteiger partial charge in [0, 0.05) is 11.8 Å². The summed E-state index contributed by atoms with van der Waals surface area (Å²) in [6.45, 7) is 0.128. The van der Waals surface area contributed by atoms with E-state index in [0.717, 1.165) is 11.3 Å². The highest BCUT2D eigenvalue weighted by Crippen LogP contribution is 2.29. The van der Waals surface area contributed by atoms with E-state index in [2.05, 4.69) is 10.1 Å². The number of ether oxygens (including phenoxy) is 1. The molecule has 1 N–H and O–H groups in total. The van der Waals surface area contributed by atoms with Crippen LogP contribution in [0.15, 0.2) is 30.3 Å². The highest BCUT2D eigenvalue weighted by molar-refractivity contribution is 7.14. The average Bonchev–Trinajstić information content (AvgIpc) is 2.88. The third kappa shape index (κ3) is 4.69. The Morgan fingerprint density at radius 2 is 1.96 bits per heavy atom. The van der Waals surface area contributed by atoms with Gasteiger partial charge in [-0.2, -0.15) is 13.2 Å². The van der Waals surface area contributed by atoms with Gasteiger partial charge in [0.15, 0.2) is 6.61 Å². The standard InChI is InChI=1S/C14H11F3N2O4S/c1-8-11(19(21)22)6-12(24-8)13(20)18-9-2-4-10(5-3-9)23-7-14(15,16)17/h2-6H,7H2,1H3,(H,18,20). The zero-order valence-electron chi connectivity index (χ0n) is 12.2. The van der Waals surface area contributed by atoms with Crippen molar-refractivity contribution in [3.63, 3.8) is 0 Å². The number of nitro groups is 1. The van der Waals surface area contributed by atoms with Gasteiger partial charge in [0.05, 0.1) is 14.7 Å². The average molecular weight is 360 g/mol. The molecule has 0 aliphatic heterocycles. The van der Waals surface area contributed by atoms with Crippen LogP contribution in [0.2, 0.25) is 0 Å². The van der Waals surface area contributed by atoms with Crippen LogP contribution in [-0.4, -0.2) is 23.6 Å². The summed E-state index contributed by atoms with van der Waals surface area (Å²) >= 11 is 0.981. The lowest BCUT2D eigenvalue weighted by Gasteiger charge is -2.09. The lowest BCUT2D eigenvalue weighted by atomic mass is 10.3. The first-order chi connectivity index (χ1) is 11.2. The molecule has 0 fully saturated rings. The molecule has 0 radical (unpaired) electrons. The van der Waals surface area contributed by atoms with E-state index < -0.39 is 23.6 Å². The zero-order valence-corrected chi connectivity index (χ0v) is 13.0. The zero-order chi connectivity index (χ0) is 17.9. The molecule has 0 unspecified atom stereocenters. The van der Waals surface area contributed by atoms with Gasteiger partial charge in [0.1, 0.15) is 5.75 Å². The highest BCUT2D eigenvalue weighted by atomic mass is 32.1. The van der Waals surface area contributed by atoms with Gasteiger partial charge in [-0.05, 0) is 31.2 Å². The van der Waals surface area contributed by atoms with E-state index in [4.69, 9.17) is 0 Å². The number of nitrogens with zero attached hydrogens (tertiary/aromatic N) is 1. The van der Waals surface area contributed by atoms with E-state index >= 15 is 0 Å². The fourth-order valence-electron chi connectivity index (χ4n) is 1.76. The number of amides is 1. The van der Waals surface area contributed by atoms with Crippen LogP contribution in [0.1, 0.15) is 14.5 Å². The van der Waals surface area contributed by atoms with Gasteiger partial charge in [0.2, 0.25) is 0 Å². The molecular weight excluding hydrogens is 349 g/mol. The Kier molecular flexibility index (Phi) is 5.07. The van der Waals surface area contributed by atoms with E-state index in [-0.39, 0.29) is 16.3 Å². The molecule has 6 nitrogen and oxygen atoms in total. The van der Waals surface area contributed by atoms with Crippen molar-refractivity contribution in [3.05, 3.63) is 50.2 Å². The Balaban J connectivity index is 2.02. The number of carbonyl (C=O) groups is 1. The molecule has 10 heteroatoms. The van der Waals surface area contributed by atoms with Gasteiger partial charge < -0.3 is 10.1 Å². The minimum atomic E-state index is -4.43. The topological polar surface area (TPSA) is 81.5 Å². The summed E-state index contributed by atoms with van der Waals surface area (Å²) in [6, 6.07) is 6.49. The number of carbonyl (C=O) groups excluding carboxylic acids is 1. The summed E-state index contributed by atoms with van der Waals surface area (Å²) in [7, 11) is 0. The Morgan fingerprint density at radius 3 is 2.46 bits per heavy atom. The Morgan fingerprint density at radius 1 is 1.33 bits per heavy atom. The van der Waals surface area contributed by atoms with Crippen LogP contribution in [0.3, 0.4) is 0 Å². The molecule has 0 atom stereocenters. The highest BCUT2D eigenvalue weighted by Gasteiger charge is 2.28. The van der Waals surface area contributed by atoms with Crippen molar-refractivity contribution < 1.29 is 27.6 Å². The van der Waals surface area contributed by atoms with Crippen LogP contribution in [0, 0.1) is 17.0 Å². The van der Waals surface area contributed by atoms with Crippen molar-refractivity contribution in [3.8, 4) is 5.75 Å². The Hall–Kier alpha value is -2.62. The molecule has 0 saturated heterocycles. The molecule has 1 amide bonds. The van der Waals surface area contributed by atoms with Crippen LogP contribution in [0.4, 0.5) is 24.5 Å². The number of thiophene rings is 1. The number of hydrogen-bond acceptors (Lipinski definition) is 5. The minimum Gasteiger partial charge on any atom is -0.484 e. The summed E-state index contributed by atoms with van der Waals surface area (Å²) < 4.78 is 40.7. The van der Waals surface area contributed by atoms with Crippen molar-refractivity contribution >= 4 is 28.6 Å². The van der Waals surface area contributed by atoms with Gasteiger partial charge in [-0.25, -0.2) is 0 Å². The molecule has 0 spiro atoms. The van der Waals surface area contributed by atoms with E-state index in [1.165, 1.54) is 37.3 Å². The van der Waals surface area contributed by atoms with Crippen molar-refractivity contribution in [2.75, 3.05) is 11.9 Å². The number of halogens is 3. The molecule has 0 saturated carbocycles. The summed E-state index contributed by atoms with van der Waals surface area (Å²) in [5, 5.41) is 13.3. The third-order valence-electron chi connectivity index (χ3n) is 2.83. The molecule has 1 aromatic carbocycles. The number of aryl methyl sites for hydroxylation is 1. The monoisotopic (exact) mass is 360 g/mol. The fourth-order valence-corrected chi connectivity index (χ4v) is 2.64. The number of benzene rings is 1. The van der Waals surface area contributed by atoms with Gasteiger partial charge >= 0.3 is 6.18 Å². The van der Waals surface area contributed by atoms with Crippen molar-refractivity contribution in [1.29, 1.82) is 0 Å². The quantitative estimate of drug-likeness (QED) is 0.641. The molecule has 24 heavy (non-hydrogen) atoms. The van der Waals surface area contributed by atoms with Gasteiger partial charge in [-0.3, -0.25) is 14.9 Å². The maximum absolute atomic E-state index is 12.0. The molecular formula is C14H11F3N2O4S. The molecule has 0 aliphatic rings. The van der Waals surface area contributed by atoms with Crippen LogP contribution in [-0.2, 0) is 0 Å². The molecule has 1 aromatic heterocycles. The van der Waals surface area contributed by atoms with E-state index in [0.29, 0.717) is 10.6 Å². The predicted molar refractivity (Wildman–Crippen MR) is 81.7 cm³/mol. The second-order valence-electron chi connectivity index (χ2n) is 4.69. The van der Waals surface area contributed by atoms with Crippen LogP contribution in [0.5, 0.6) is 5.75 Å². The smallest absolute Gasteiger partial charge is 0.422 e. The van der Waals surface area contributed by atoms with Crippen LogP contribution >= 0.6 is 11.3 Å². The summed E-state index contributed by atoms with van der Waals surface area (Å²) in [4.78, 5) is 22.8. The van der Waals surface area contributed by atoms with Gasteiger partial charge in [-0.15, -0.1) is 11.3 Å². The first-order valence-corrected chi connectivity index (χ1v) is 7.33. The Labute approximate surface area is 138 Å². The minimum absolute atomic E-state index is 0.00734. The van der Waals surface area contributed by atoms with Crippen molar-refractivity contribution in [2.24, 2.45) is 0 Å². The number of nitrogens with one attached hydrogen (secondary N) is 1. The number of rotatable bonds is 5. The van der Waals surface area contributed by atoms with E-state index in [1.54, 1.807) is 0 Å². The van der Waals surface area contributed by atoms with Crippen molar-refractivity contribution in [1.82, 2.24) is 0 Å². The van der Waals surface area contributed by atoms with Gasteiger partial charge in [0.25, 0.3) is 11.6 Å². The second kappa shape index (κ2) is 6.87. The number of anilines is 1. The van der Waals surface area contributed by atoms with E-state index in [1.807, 2.05) is 0 Å². The summed E-state index contributed by atoms with van der Waals surface area (Å²) in [5.74, 6) is -0.534. The largest absolute Gasteiger partial charge is 0.484 e. The fraction of sp³-hybridized carbons (Fsp3) is 0.214. The van der Waals surface area contributed by atoms with Crippen molar-refractivity contribution in [2.45, 2.75) is 13.1 Å². The molecule has 2 aromatic rings. The lowest BCUT2D eigenvalue weighted by Crippen LogP contribution is -2.19. The maximum atomic E-state index is 12.0. The van der Waals surface area contributed by atoms with Gasteiger partial charge in [-0.1, -0.05) is 0 Å². The molecule has 0 aliphatic carbocycles. The number of alkyl halides is 3. The predicted octanol–water partition coefficient (Wildman–Crippen LogP) is 4.16. The molecule has 1 heterocycles. The van der Waals surface area contributed by atoms with Crippen LogP contribution in [0.25, 0.3) is 0 Å². The molecule has 2 rings (SSSR count). The Bertz CT molecular complexity index is 756. The molecule has 0 bridgehead atoms. The molecule has 128 valence electrons. The number of hydrogen-bond donors (Lipinski definition) is 1. The summed E-state index contributed by atoms with van der Waals surface area (Å²) in [6.07, 6.45) is -4.43. The first kappa shape index (κ1) is 17.7. The third-order valence-corrected chi connectivity index (χ3v) is 3.87. The SMILES string of the molecule is Cc1sc(C(=O)Nc2ccc(OCC(F)(F)F)cc2)cc1[N+](=O)[O-]. The first-order valence-electron chi connectivity index (χ1n) is 6.51. The second-order valence-corrected chi connectivity index (χ2v) is 5.95. The van der Waals surface area contributed by atoms with Crippen LogP contribution < -0.4 is 10.1 Å². The lowest BCUT2D eigenvalue weighted by molar-refractivity contribution is -0.385. The maximum Gasteiger partial charge on any atom is 0.422 e. The summed E-state index contributed by atoms with van der Waals surface area (Å²) in [5.41, 5.74) is 0.189.